The van der Waals surface area contributed by atoms with E-state index in [1.54, 1.807) is 31.2 Å². The summed E-state index contributed by atoms with van der Waals surface area (Å²) in [5.74, 6) is -2.21. The van der Waals surface area contributed by atoms with Crippen molar-refractivity contribution in [1.29, 1.82) is 21.2 Å². The number of benzene rings is 1. The molecular formula is C18H15BrN4O2. The summed E-state index contributed by atoms with van der Waals surface area (Å²) in [5, 5.41) is 38.2. The zero-order chi connectivity index (χ0) is 18.5. The fourth-order valence-electron chi connectivity index (χ4n) is 3.98. The first kappa shape index (κ1) is 17.4. The van der Waals surface area contributed by atoms with Gasteiger partial charge in [-0.15, -0.1) is 0 Å². The Morgan fingerprint density at radius 2 is 1.76 bits per heavy atom. The van der Waals surface area contributed by atoms with Crippen LogP contribution in [0.2, 0.25) is 0 Å². The van der Waals surface area contributed by atoms with Gasteiger partial charge in [0, 0.05) is 10.9 Å². The predicted octanol–water partition coefficient (Wildman–Crippen LogP) is 3.81. The first-order valence-electron chi connectivity index (χ1n) is 7.82. The Balaban J connectivity index is 2.32. The van der Waals surface area contributed by atoms with Crippen molar-refractivity contribution in [1.82, 2.24) is 0 Å². The number of fused-ring (bicyclic) bond motifs is 2. The van der Waals surface area contributed by atoms with Crippen LogP contribution >= 0.6 is 15.9 Å². The molecule has 2 aliphatic heterocycles. The Kier molecular flexibility index (Phi) is 3.88. The minimum Gasteiger partial charge on any atom is -0.447 e. The van der Waals surface area contributed by atoms with Crippen molar-refractivity contribution in [2.45, 2.75) is 32.2 Å². The first-order chi connectivity index (χ1) is 11.9. The van der Waals surface area contributed by atoms with Gasteiger partial charge in [0.2, 0.25) is 17.1 Å². The fraction of sp³-hybridized carbons (Fsp3) is 0.444. The van der Waals surface area contributed by atoms with E-state index in [0.29, 0.717) is 12.0 Å². The van der Waals surface area contributed by atoms with Crippen LogP contribution in [-0.2, 0) is 9.47 Å². The minimum atomic E-state index is -1.89. The molecule has 6 nitrogen and oxygen atoms in total. The van der Waals surface area contributed by atoms with Gasteiger partial charge < -0.3 is 9.47 Å². The molecule has 0 aliphatic carbocycles. The van der Waals surface area contributed by atoms with Crippen molar-refractivity contribution in [3.63, 3.8) is 0 Å². The summed E-state index contributed by atoms with van der Waals surface area (Å²) < 4.78 is 12.7. The summed E-state index contributed by atoms with van der Waals surface area (Å²) in [6.45, 7) is 3.54. The van der Waals surface area contributed by atoms with Crippen molar-refractivity contribution in [2.24, 2.45) is 16.7 Å². The molecule has 0 radical (unpaired) electrons. The van der Waals surface area contributed by atoms with Crippen LogP contribution in [0.4, 0.5) is 0 Å². The van der Waals surface area contributed by atoms with Crippen LogP contribution in [-0.4, -0.2) is 11.7 Å². The molecule has 0 spiro atoms. The molecular weight excluding hydrogens is 384 g/mol. The van der Waals surface area contributed by atoms with Crippen LogP contribution in [0.1, 0.15) is 31.9 Å². The van der Waals surface area contributed by atoms with E-state index in [9.17, 15) is 15.8 Å². The lowest BCUT2D eigenvalue weighted by Crippen LogP contribution is -2.58. The van der Waals surface area contributed by atoms with Gasteiger partial charge in [-0.05, 0) is 17.7 Å². The van der Waals surface area contributed by atoms with Gasteiger partial charge in [0.1, 0.15) is 6.10 Å². The molecule has 2 fully saturated rings. The number of hydrogen-bond acceptors (Lipinski definition) is 6. The molecule has 0 aromatic heterocycles. The highest BCUT2D eigenvalue weighted by atomic mass is 79.9. The molecule has 0 amide bonds. The molecule has 2 heterocycles. The van der Waals surface area contributed by atoms with Crippen LogP contribution in [0.5, 0.6) is 0 Å². The summed E-state index contributed by atoms with van der Waals surface area (Å²) in [4.78, 5) is 0. The van der Waals surface area contributed by atoms with Crippen molar-refractivity contribution in [3.05, 3.63) is 34.3 Å². The number of halogens is 1. The van der Waals surface area contributed by atoms with Gasteiger partial charge in [0.05, 0.1) is 24.1 Å². The maximum Gasteiger partial charge on any atom is 0.217 e. The average molecular weight is 399 g/mol. The van der Waals surface area contributed by atoms with Gasteiger partial charge in [-0.3, -0.25) is 5.41 Å². The molecule has 1 aromatic rings. The summed E-state index contributed by atoms with van der Waals surface area (Å²) in [6.07, 6.45) is -0.616. The van der Waals surface area contributed by atoms with Crippen molar-refractivity contribution < 1.29 is 9.47 Å². The van der Waals surface area contributed by atoms with E-state index in [1.807, 2.05) is 19.1 Å². The molecule has 4 atom stereocenters. The predicted molar refractivity (Wildman–Crippen MR) is 90.7 cm³/mol. The number of ether oxygens (including phenoxy) is 2. The maximum atomic E-state index is 9.99. The quantitative estimate of drug-likeness (QED) is 0.812. The largest absolute Gasteiger partial charge is 0.447 e. The lowest BCUT2D eigenvalue weighted by molar-refractivity contribution is -0.280. The molecule has 4 unspecified atom stereocenters. The summed E-state index contributed by atoms with van der Waals surface area (Å²) in [5.41, 5.74) is -2.99. The molecule has 25 heavy (non-hydrogen) atoms. The monoisotopic (exact) mass is 398 g/mol. The number of nitriles is 3. The number of nitrogens with zero attached hydrogens (tertiary/aromatic N) is 3. The SMILES string of the molecule is CCC12OC(=N)C(C#N)(C1C)C(C#N)(C#N)C(c1ccc(Br)cc1)O2. The normalized spacial score (nSPS) is 35.1. The third kappa shape index (κ3) is 1.87. The second kappa shape index (κ2) is 5.56. The molecule has 1 N–H and O–H groups in total. The minimum absolute atomic E-state index is 0.368. The van der Waals surface area contributed by atoms with Gasteiger partial charge in [-0.1, -0.05) is 41.9 Å². The Labute approximate surface area is 154 Å². The van der Waals surface area contributed by atoms with Crippen LogP contribution < -0.4 is 0 Å². The second-order valence-corrected chi connectivity index (χ2v) is 7.23. The lowest BCUT2D eigenvalue weighted by Gasteiger charge is -2.48. The van der Waals surface area contributed by atoms with E-state index >= 15 is 0 Å². The molecule has 3 rings (SSSR count). The molecule has 2 saturated heterocycles. The van der Waals surface area contributed by atoms with Crippen LogP contribution in [0.25, 0.3) is 0 Å². The number of hydrogen-bond donors (Lipinski definition) is 1. The van der Waals surface area contributed by atoms with E-state index in [-0.39, 0.29) is 5.90 Å². The summed E-state index contributed by atoms with van der Waals surface area (Å²) in [7, 11) is 0. The zero-order valence-electron chi connectivity index (χ0n) is 13.7. The van der Waals surface area contributed by atoms with E-state index in [4.69, 9.17) is 14.9 Å². The number of rotatable bonds is 2. The van der Waals surface area contributed by atoms with Crippen LogP contribution in [0.3, 0.4) is 0 Å². The molecule has 0 saturated carbocycles. The Morgan fingerprint density at radius 3 is 2.24 bits per heavy atom. The zero-order valence-corrected chi connectivity index (χ0v) is 15.3. The van der Waals surface area contributed by atoms with Crippen molar-refractivity contribution in [2.75, 3.05) is 0 Å². The van der Waals surface area contributed by atoms with Crippen molar-refractivity contribution in [3.8, 4) is 18.2 Å². The highest BCUT2D eigenvalue weighted by Gasteiger charge is 2.78. The van der Waals surface area contributed by atoms with Gasteiger partial charge in [-0.25, -0.2) is 0 Å². The highest BCUT2D eigenvalue weighted by molar-refractivity contribution is 9.10. The Morgan fingerprint density at radius 1 is 1.16 bits per heavy atom. The smallest absolute Gasteiger partial charge is 0.217 e. The van der Waals surface area contributed by atoms with E-state index < -0.39 is 28.6 Å². The standard InChI is InChI=1S/C18H15BrN4O2/c1-3-18-11(2)17(10-22,15(23)25-18)16(8-20,9-21)14(24-18)12-4-6-13(19)7-5-12/h4-7,11,14,23H,3H2,1-2H3. The fourth-order valence-corrected chi connectivity index (χ4v) is 4.25. The highest BCUT2D eigenvalue weighted by Crippen LogP contribution is 2.66. The Bertz CT molecular complexity index is 849. The van der Waals surface area contributed by atoms with Gasteiger partial charge in [0.25, 0.3) is 0 Å². The maximum absolute atomic E-state index is 9.99. The molecule has 2 aliphatic rings. The van der Waals surface area contributed by atoms with E-state index in [1.165, 1.54) is 0 Å². The Hall–Kier alpha value is -2.40. The first-order valence-corrected chi connectivity index (χ1v) is 8.61. The van der Waals surface area contributed by atoms with Gasteiger partial charge in [0.15, 0.2) is 5.41 Å². The third-order valence-electron chi connectivity index (χ3n) is 5.47. The van der Waals surface area contributed by atoms with Gasteiger partial charge in [-0.2, -0.15) is 15.8 Å². The van der Waals surface area contributed by atoms with Crippen LogP contribution in [0, 0.1) is 56.2 Å². The number of nitrogens with one attached hydrogen (secondary N) is 1. The topological polar surface area (TPSA) is 114 Å². The van der Waals surface area contributed by atoms with E-state index in [0.717, 1.165) is 4.47 Å². The summed E-state index contributed by atoms with van der Waals surface area (Å²) in [6, 6.07) is 13.2. The molecule has 7 heteroatoms. The second-order valence-electron chi connectivity index (χ2n) is 6.32. The average Bonchev–Trinajstić information content (AvgIpc) is 2.79. The third-order valence-corrected chi connectivity index (χ3v) is 6.00. The van der Waals surface area contributed by atoms with Crippen molar-refractivity contribution >= 4 is 21.8 Å². The molecule has 126 valence electrons. The van der Waals surface area contributed by atoms with E-state index in [2.05, 4.69) is 22.0 Å². The van der Waals surface area contributed by atoms with Crippen LogP contribution in [0.15, 0.2) is 28.7 Å². The molecule has 1 aromatic carbocycles. The van der Waals surface area contributed by atoms with Gasteiger partial charge >= 0.3 is 0 Å². The lowest BCUT2D eigenvalue weighted by atomic mass is 9.53. The summed E-state index contributed by atoms with van der Waals surface area (Å²) >= 11 is 3.35. The molecule has 2 bridgehead atoms.